The van der Waals surface area contributed by atoms with Crippen molar-refractivity contribution in [3.8, 4) is 0 Å². The molecule has 1 aromatic carbocycles. The van der Waals surface area contributed by atoms with Gasteiger partial charge in [-0.2, -0.15) is 0 Å². The second kappa shape index (κ2) is 10.5. The van der Waals surface area contributed by atoms with Crippen LogP contribution in [0.15, 0.2) is 24.3 Å². The molecule has 0 radical (unpaired) electrons. The number of nitrogens with two attached hydrogens (primary N) is 1. The Bertz CT molecular complexity index is 544. The fraction of sp³-hybridized carbons (Fsp3) is 0.467. The molecule has 5 nitrogen and oxygen atoms in total. The van der Waals surface area contributed by atoms with Gasteiger partial charge in [-0.1, -0.05) is 17.7 Å². The lowest BCUT2D eigenvalue weighted by molar-refractivity contribution is -0.122. The third-order valence-electron chi connectivity index (χ3n) is 2.99. The summed E-state index contributed by atoms with van der Waals surface area (Å²) in [6.45, 7) is 1.87. The summed E-state index contributed by atoms with van der Waals surface area (Å²) in [5, 5.41) is 4.21. The number of amides is 2. The number of halogens is 3. The Kier molecular flexibility index (Phi) is 9.88. The summed E-state index contributed by atoms with van der Waals surface area (Å²) < 4.78 is 25.9. The average molecular weight is 382 g/mol. The van der Waals surface area contributed by atoms with Crippen LogP contribution >= 0.6 is 24.2 Å². The lowest BCUT2D eigenvalue weighted by Crippen LogP contribution is -2.43. The van der Waals surface area contributed by atoms with E-state index in [1.807, 2.05) is 19.1 Å². The van der Waals surface area contributed by atoms with Crippen molar-refractivity contribution < 1.29 is 18.4 Å². The molecule has 1 unspecified atom stereocenters. The number of carbonyl (C=O) groups is 2. The normalized spacial score (nSPS) is 12.0. The molecule has 1 rings (SSSR count). The highest BCUT2D eigenvalue weighted by molar-refractivity contribution is 8.01. The summed E-state index contributed by atoms with van der Waals surface area (Å²) in [6.07, 6.45) is 0. The number of anilines is 1. The first-order valence-corrected chi connectivity index (χ1v) is 8.12. The van der Waals surface area contributed by atoms with Gasteiger partial charge < -0.3 is 16.4 Å². The number of rotatable bonds is 8. The molecule has 24 heavy (non-hydrogen) atoms. The zero-order valence-electron chi connectivity index (χ0n) is 13.5. The highest BCUT2D eigenvalue weighted by Gasteiger charge is 2.28. The number of thioether (sulfide) groups is 1. The molecule has 0 heterocycles. The third kappa shape index (κ3) is 8.47. The number of nitrogens with one attached hydrogen (secondary N) is 2. The van der Waals surface area contributed by atoms with E-state index < -0.39 is 30.2 Å². The summed E-state index contributed by atoms with van der Waals surface area (Å²) in [7, 11) is 0. The highest BCUT2D eigenvalue weighted by Crippen LogP contribution is 2.14. The van der Waals surface area contributed by atoms with E-state index in [4.69, 9.17) is 5.73 Å². The second-order valence-corrected chi connectivity index (χ2v) is 6.47. The van der Waals surface area contributed by atoms with Crippen LogP contribution in [0.1, 0.15) is 12.5 Å². The Morgan fingerprint density at radius 2 is 1.88 bits per heavy atom. The minimum Gasteiger partial charge on any atom is -0.349 e. The van der Waals surface area contributed by atoms with Crippen LogP contribution in [-0.4, -0.2) is 41.8 Å². The number of aryl methyl sites for hydroxylation is 1. The van der Waals surface area contributed by atoms with Crippen molar-refractivity contribution in [2.75, 3.05) is 24.2 Å². The molecule has 0 spiro atoms. The second-order valence-electron chi connectivity index (χ2n) is 5.15. The number of alkyl halides is 2. The van der Waals surface area contributed by atoms with Gasteiger partial charge in [0.25, 0.3) is 5.92 Å². The zero-order valence-corrected chi connectivity index (χ0v) is 15.1. The molecular formula is C15H22ClF2N3O2S. The molecule has 0 aliphatic carbocycles. The van der Waals surface area contributed by atoms with Gasteiger partial charge in [0.1, 0.15) is 0 Å². The van der Waals surface area contributed by atoms with Gasteiger partial charge in [-0.3, -0.25) is 9.59 Å². The van der Waals surface area contributed by atoms with Gasteiger partial charge >= 0.3 is 0 Å². The van der Waals surface area contributed by atoms with Gasteiger partial charge in [0.2, 0.25) is 11.8 Å². The molecule has 2 amide bonds. The highest BCUT2D eigenvalue weighted by atomic mass is 35.5. The summed E-state index contributed by atoms with van der Waals surface area (Å²) in [4.78, 5) is 23.5. The fourth-order valence-electron chi connectivity index (χ4n) is 1.54. The Morgan fingerprint density at radius 1 is 1.29 bits per heavy atom. The summed E-state index contributed by atoms with van der Waals surface area (Å²) >= 11 is 1.07. The van der Waals surface area contributed by atoms with Crippen LogP contribution in [0.25, 0.3) is 0 Å². The number of benzene rings is 1. The first kappa shape index (κ1) is 22.6. The molecule has 0 aliphatic rings. The van der Waals surface area contributed by atoms with Gasteiger partial charge in [0, 0.05) is 5.69 Å². The summed E-state index contributed by atoms with van der Waals surface area (Å²) in [6, 6.07) is 7.30. The largest absolute Gasteiger partial charge is 0.349 e. The summed E-state index contributed by atoms with van der Waals surface area (Å²) in [5.74, 6) is -3.88. The molecule has 1 aromatic rings. The number of hydrogen-bond donors (Lipinski definition) is 3. The number of hydrogen-bond acceptors (Lipinski definition) is 4. The van der Waals surface area contributed by atoms with Crippen LogP contribution in [0.2, 0.25) is 0 Å². The van der Waals surface area contributed by atoms with Gasteiger partial charge in [-0.05, 0) is 26.0 Å². The maximum absolute atomic E-state index is 13.0. The first-order chi connectivity index (χ1) is 10.7. The Balaban J connectivity index is 0.00000529. The fourth-order valence-corrected chi connectivity index (χ4v) is 2.25. The van der Waals surface area contributed by atoms with Crippen molar-refractivity contribution in [1.82, 2.24) is 5.32 Å². The lowest BCUT2D eigenvalue weighted by Gasteiger charge is -2.17. The molecule has 0 aromatic heterocycles. The van der Waals surface area contributed by atoms with Crippen LogP contribution in [0, 0.1) is 6.92 Å². The molecule has 0 saturated carbocycles. The number of carbonyl (C=O) groups excluding carboxylic acids is 2. The van der Waals surface area contributed by atoms with Crippen LogP contribution in [0.4, 0.5) is 14.5 Å². The van der Waals surface area contributed by atoms with Crippen molar-refractivity contribution in [2.24, 2.45) is 5.73 Å². The standard InChI is InChI=1S/C15H21F2N3O2S.ClH/c1-10-3-5-12(6-4-10)20-13(21)7-23-11(2)14(22)19-9-15(16,17)8-18;/h3-6,11H,7-9,18H2,1-2H3,(H,19,22)(H,20,21);1H. The minimum atomic E-state index is -3.12. The van der Waals surface area contributed by atoms with Crippen molar-refractivity contribution >= 4 is 41.7 Å². The zero-order chi connectivity index (χ0) is 17.5. The predicted molar refractivity (Wildman–Crippen MR) is 96.0 cm³/mol. The monoisotopic (exact) mass is 381 g/mol. The molecular weight excluding hydrogens is 360 g/mol. The Morgan fingerprint density at radius 3 is 2.42 bits per heavy atom. The van der Waals surface area contributed by atoms with E-state index in [2.05, 4.69) is 10.6 Å². The third-order valence-corrected chi connectivity index (χ3v) is 4.13. The average Bonchev–Trinajstić information content (AvgIpc) is 2.52. The van der Waals surface area contributed by atoms with Crippen molar-refractivity contribution in [1.29, 1.82) is 0 Å². The van der Waals surface area contributed by atoms with E-state index in [9.17, 15) is 18.4 Å². The van der Waals surface area contributed by atoms with E-state index >= 15 is 0 Å². The molecule has 0 fully saturated rings. The molecule has 0 saturated heterocycles. The summed E-state index contributed by atoms with van der Waals surface area (Å²) in [5.41, 5.74) is 6.64. The maximum Gasteiger partial charge on any atom is 0.277 e. The van der Waals surface area contributed by atoms with Crippen molar-refractivity contribution in [3.05, 3.63) is 29.8 Å². The van der Waals surface area contributed by atoms with Crippen LogP contribution < -0.4 is 16.4 Å². The lowest BCUT2D eigenvalue weighted by atomic mass is 10.2. The molecule has 136 valence electrons. The van der Waals surface area contributed by atoms with E-state index in [-0.39, 0.29) is 24.1 Å². The van der Waals surface area contributed by atoms with E-state index in [0.29, 0.717) is 5.69 Å². The molecule has 9 heteroatoms. The smallest absolute Gasteiger partial charge is 0.277 e. The maximum atomic E-state index is 13.0. The first-order valence-electron chi connectivity index (χ1n) is 7.07. The van der Waals surface area contributed by atoms with Gasteiger partial charge in [0.05, 0.1) is 24.1 Å². The van der Waals surface area contributed by atoms with Gasteiger partial charge in [-0.25, -0.2) is 8.78 Å². The SMILES string of the molecule is Cc1ccc(NC(=O)CSC(C)C(=O)NCC(F)(F)CN)cc1.Cl. The Hall–Kier alpha value is -1.38. The van der Waals surface area contributed by atoms with Crippen LogP contribution in [0.3, 0.4) is 0 Å². The molecule has 0 aliphatic heterocycles. The van der Waals surface area contributed by atoms with Crippen molar-refractivity contribution in [3.63, 3.8) is 0 Å². The molecule has 1 atom stereocenters. The van der Waals surface area contributed by atoms with E-state index in [1.54, 1.807) is 19.1 Å². The van der Waals surface area contributed by atoms with Crippen molar-refractivity contribution in [2.45, 2.75) is 25.0 Å². The van der Waals surface area contributed by atoms with Crippen LogP contribution in [0.5, 0.6) is 0 Å². The van der Waals surface area contributed by atoms with E-state index in [1.165, 1.54) is 0 Å². The molecule has 4 N–H and O–H groups in total. The Labute approximate surface area is 150 Å². The quantitative estimate of drug-likeness (QED) is 0.644. The van der Waals surface area contributed by atoms with Gasteiger partial charge in [-0.15, -0.1) is 24.2 Å². The topological polar surface area (TPSA) is 84.2 Å². The molecule has 0 bridgehead atoms. The minimum absolute atomic E-state index is 0. The van der Waals surface area contributed by atoms with E-state index in [0.717, 1.165) is 17.3 Å². The van der Waals surface area contributed by atoms with Gasteiger partial charge in [0.15, 0.2) is 0 Å². The predicted octanol–water partition coefficient (Wildman–Crippen LogP) is 2.19. The van der Waals surface area contributed by atoms with Crippen LogP contribution in [-0.2, 0) is 9.59 Å².